The average molecular weight is 199 g/mol. The van der Waals surface area contributed by atoms with Gasteiger partial charge in [-0.25, -0.2) is 4.79 Å². The van der Waals surface area contributed by atoms with E-state index in [0.29, 0.717) is 0 Å². The molecular formula is C11H21NO2. The molecule has 1 aliphatic rings. The Hall–Kier alpha value is -0.730. The van der Waals surface area contributed by atoms with Gasteiger partial charge in [0.15, 0.2) is 0 Å². The third kappa shape index (κ3) is 2.40. The van der Waals surface area contributed by atoms with Crippen LogP contribution in [0, 0.1) is 0 Å². The van der Waals surface area contributed by atoms with E-state index in [1.807, 2.05) is 27.8 Å². The summed E-state index contributed by atoms with van der Waals surface area (Å²) in [5.41, 5.74) is -0.367. The number of carbonyl (C=O) groups excluding carboxylic acids is 1. The van der Waals surface area contributed by atoms with Gasteiger partial charge in [0.25, 0.3) is 0 Å². The first kappa shape index (κ1) is 11.3. The lowest BCUT2D eigenvalue weighted by molar-refractivity contribution is -0.00972. The topological polar surface area (TPSA) is 29.5 Å². The fraction of sp³-hybridized carbons (Fsp3) is 0.909. The van der Waals surface area contributed by atoms with Crippen LogP contribution in [-0.2, 0) is 4.74 Å². The highest BCUT2D eigenvalue weighted by atomic mass is 16.6. The van der Waals surface area contributed by atoms with E-state index in [9.17, 15) is 4.79 Å². The Morgan fingerprint density at radius 1 is 1.36 bits per heavy atom. The molecule has 0 spiro atoms. The minimum absolute atomic E-state index is 0.0301. The number of nitrogens with zero attached hydrogens (tertiary/aromatic N) is 1. The highest BCUT2D eigenvalue weighted by Gasteiger charge is 2.39. The molecule has 0 aromatic heterocycles. The fourth-order valence-corrected chi connectivity index (χ4v) is 1.57. The van der Waals surface area contributed by atoms with Gasteiger partial charge in [-0.3, -0.25) is 0 Å². The van der Waals surface area contributed by atoms with Gasteiger partial charge in [0.05, 0.1) is 0 Å². The minimum Gasteiger partial charge on any atom is -0.444 e. The zero-order valence-corrected chi connectivity index (χ0v) is 9.89. The van der Waals surface area contributed by atoms with Crippen LogP contribution in [0.2, 0.25) is 0 Å². The van der Waals surface area contributed by atoms with Crippen LogP contribution in [0.5, 0.6) is 0 Å². The highest BCUT2D eigenvalue weighted by molar-refractivity contribution is 5.69. The van der Waals surface area contributed by atoms with E-state index in [1.54, 1.807) is 4.90 Å². The van der Waals surface area contributed by atoms with Crippen LogP contribution in [-0.4, -0.2) is 29.2 Å². The molecule has 0 saturated heterocycles. The number of amides is 1. The minimum atomic E-state index is -0.397. The lowest BCUT2D eigenvalue weighted by atomic mass is 9.77. The predicted octanol–water partition coefficient (Wildman–Crippen LogP) is 2.80. The summed E-state index contributed by atoms with van der Waals surface area (Å²) in [6, 6.07) is 0. The Balaban J connectivity index is 2.52. The van der Waals surface area contributed by atoms with E-state index < -0.39 is 5.60 Å². The second-order valence-electron chi connectivity index (χ2n) is 5.39. The van der Waals surface area contributed by atoms with Crippen molar-refractivity contribution in [1.82, 2.24) is 4.90 Å². The summed E-state index contributed by atoms with van der Waals surface area (Å²) < 4.78 is 5.31. The molecule has 0 aliphatic heterocycles. The van der Waals surface area contributed by atoms with Gasteiger partial charge in [-0.15, -0.1) is 0 Å². The SMILES string of the molecule is CN(C(=O)OC(C)(C)C)C1(C)CCC1. The zero-order chi connectivity index (χ0) is 11.0. The summed E-state index contributed by atoms with van der Waals surface area (Å²) in [5.74, 6) is 0. The first-order valence-electron chi connectivity index (χ1n) is 5.21. The van der Waals surface area contributed by atoms with Crippen molar-refractivity contribution in [3.63, 3.8) is 0 Å². The molecule has 3 nitrogen and oxygen atoms in total. The smallest absolute Gasteiger partial charge is 0.410 e. The number of hydrogen-bond acceptors (Lipinski definition) is 2. The molecule has 1 fully saturated rings. The van der Waals surface area contributed by atoms with Gasteiger partial charge in [-0.1, -0.05) is 0 Å². The van der Waals surface area contributed by atoms with Gasteiger partial charge < -0.3 is 9.64 Å². The molecule has 0 aromatic carbocycles. The second kappa shape index (κ2) is 3.44. The van der Waals surface area contributed by atoms with E-state index in [0.717, 1.165) is 12.8 Å². The lowest BCUT2D eigenvalue weighted by Gasteiger charge is -2.45. The van der Waals surface area contributed by atoms with Gasteiger partial charge in [-0.05, 0) is 47.0 Å². The van der Waals surface area contributed by atoms with Crippen molar-refractivity contribution in [2.75, 3.05) is 7.05 Å². The molecule has 1 amide bonds. The van der Waals surface area contributed by atoms with Crippen molar-refractivity contribution in [3.8, 4) is 0 Å². The molecule has 0 unspecified atom stereocenters. The third-order valence-electron chi connectivity index (χ3n) is 2.91. The molecule has 0 N–H and O–H groups in total. The van der Waals surface area contributed by atoms with Crippen molar-refractivity contribution in [2.24, 2.45) is 0 Å². The molecule has 14 heavy (non-hydrogen) atoms. The van der Waals surface area contributed by atoms with Crippen LogP contribution in [0.4, 0.5) is 4.79 Å². The summed E-state index contributed by atoms with van der Waals surface area (Å²) in [6.45, 7) is 7.78. The molecule has 82 valence electrons. The maximum absolute atomic E-state index is 11.7. The Morgan fingerprint density at radius 3 is 2.14 bits per heavy atom. The van der Waals surface area contributed by atoms with Gasteiger partial charge >= 0.3 is 6.09 Å². The molecule has 0 heterocycles. The average Bonchev–Trinajstić information content (AvgIpc) is 1.95. The number of ether oxygens (including phenoxy) is 1. The monoisotopic (exact) mass is 199 g/mol. The van der Waals surface area contributed by atoms with Gasteiger partial charge in [-0.2, -0.15) is 0 Å². The quantitative estimate of drug-likeness (QED) is 0.650. The van der Waals surface area contributed by atoms with E-state index in [2.05, 4.69) is 6.92 Å². The maximum Gasteiger partial charge on any atom is 0.410 e. The largest absolute Gasteiger partial charge is 0.444 e. The van der Waals surface area contributed by atoms with Crippen molar-refractivity contribution in [1.29, 1.82) is 0 Å². The number of rotatable bonds is 1. The molecule has 1 rings (SSSR count). The van der Waals surface area contributed by atoms with Crippen LogP contribution in [0.25, 0.3) is 0 Å². The van der Waals surface area contributed by atoms with Crippen LogP contribution < -0.4 is 0 Å². The van der Waals surface area contributed by atoms with Crippen LogP contribution in [0.3, 0.4) is 0 Å². The zero-order valence-electron chi connectivity index (χ0n) is 9.89. The molecule has 0 aromatic rings. The first-order chi connectivity index (χ1) is 6.25. The molecule has 0 atom stereocenters. The van der Waals surface area contributed by atoms with E-state index in [4.69, 9.17) is 4.74 Å². The number of carbonyl (C=O) groups is 1. The van der Waals surface area contributed by atoms with Gasteiger partial charge in [0.2, 0.25) is 0 Å². The summed E-state index contributed by atoms with van der Waals surface area (Å²) in [7, 11) is 1.83. The Labute approximate surface area is 86.4 Å². The summed E-state index contributed by atoms with van der Waals surface area (Å²) in [6.07, 6.45) is 3.18. The Kier molecular flexibility index (Phi) is 2.79. The van der Waals surface area contributed by atoms with Crippen molar-refractivity contribution < 1.29 is 9.53 Å². The molecular weight excluding hydrogens is 178 g/mol. The van der Waals surface area contributed by atoms with Crippen LogP contribution >= 0.6 is 0 Å². The van der Waals surface area contributed by atoms with E-state index >= 15 is 0 Å². The highest BCUT2D eigenvalue weighted by Crippen LogP contribution is 2.36. The van der Waals surface area contributed by atoms with Crippen molar-refractivity contribution in [3.05, 3.63) is 0 Å². The lowest BCUT2D eigenvalue weighted by Crippen LogP contribution is -2.53. The van der Waals surface area contributed by atoms with Gasteiger partial charge in [0, 0.05) is 12.6 Å². The summed E-state index contributed by atoms with van der Waals surface area (Å²) in [4.78, 5) is 13.4. The third-order valence-corrected chi connectivity index (χ3v) is 2.91. The van der Waals surface area contributed by atoms with E-state index in [1.165, 1.54) is 6.42 Å². The van der Waals surface area contributed by atoms with Gasteiger partial charge in [0.1, 0.15) is 5.60 Å². The second-order valence-corrected chi connectivity index (χ2v) is 5.39. The molecule has 1 saturated carbocycles. The Bertz CT molecular complexity index is 226. The first-order valence-corrected chi connectivity index (χ1v) is 5.21. The molecule has 3 heteroatoms. The molecule has 0 bridgehead atoms. The van der Waals surface area contributed by atoms with Crippen LogP contribution in [0.15, 0.2) is 0 Å². The van der Waals surface area contributed by atoms with Crippen molar-refractivity contribution in [2.45, 2.75) is 58.1 Å². The standard InChI is InChI=1S/C11H21NO2/c1-10(2,3)14-9(13)12(5)11(4)7-6-8-11/h6-8H2,1-5H3. The fourth-order valence-electron chi connectivity index (χ4n) is 1.57. The van der Waals surface area contributed by atoms with E-state index in [-0.39, 0.29) is 11.6 Å². The predicted molar refractivity (Wildman–Crippen MR) is 56.3 cm³/mol. The summed E-state index contributed by atoms with van der Waals surface area (Å²) >= 11 is 0. The Morgan fingerprint density at radius 2 is 1.86 bits per heavy atom. The van der Waals surface area contributed by atoms with Crippen LogP contribution in [0.1, 0.15) is 47.0 Å². The normalized spacial score (nSPS) is 19.8. The number of hydrogen-bond donors (Lipinski definition) is 0. The molecule has 0 radical (unpaired) electrons. The molecule has 1 aliphatic carbocycles. The summed E-state index contributed by atoms with van der Waals surface area (Å²) in [5, 5.41) is 0. The van der Waals surface area contributed by atoms with Crippen molar-refractivity contribution >= 4 is 6.09 Å². The maximum atomic E-state index is 11.7.